The van der Waals surface area contributed by atoms with Crippen LogP contribution in [-0.2, 0) is 0 Å². The molecule has 2 nitrogen and oxygen atoms in total. The van der Waals surface area contributed by atoms with Crippen LogP contribution < -0.4 is 5.32 Å². The van der Waals surface area contributed by atoms with E-state index in [1.807, 2.05) is 0 Å². The highest BCUT2D eigenvalue weighted by molar-refractivity contribution is 7.09. The van der Waals surface area contributed by atoms with E-state index in [4.69, 9.17) is 0 Å². The van der Waals surface area contributed by atoms with E-state index in [0.29, 0.717) is 17.5 Å². The van der Waals surface area contributed by atoms with E-state index in [1.54, 1.807) is 11.3 Å². The lowest BCUT2D eigenvalue weighted by atomic mass is 9.88. The Morgan fingerprint density at radius 3 is 2.38 bits per heavy atom. The summed E-state index contributed by atoms with van der Waals surface area (Å²) in [5.41, 5.74) is 1.45. The lowest BCUT2D eigenvalue weighted by Crippen LogP contribution is -2.31. The predicted molar refractivity (Wildman–Crippen MR) is 71.9 cm³/mol. The molecule has 1 N–H and O–H groups in total. The first-order valence-corrected chi connectivity index (χ1v) is 6.84. The minimum atomic E-state index is 0.326. The van der Waals surface area contributed by atoms with Gasteiger partial charge in [-0.1, -0.05) is 34.6 Å². The highest BCUT2D eigenvalue weighted by Crippen LogP contribution is 2.31. The fourth-order valence-electron chi connectivity index (χ4n) is 1.76. The van der Waals surface area contributed by atoms with Crippen LogP contribution in [-0.4, -0.2) is 11.0 Å². The third-order valence-electron chi connectivity index (χ3n) is 2.29. The molecule has 1 atom stereocenters. The minimum Gasteiger partial charge on any atom is -0.306 e. The summed E-state index contributed by atoms with van der Waals surface area (Å²) >= 11 is 1.77. The van der Waals surface area contributed by atoms with Crippen molar-refractivity contribution in [2.75, 3.05) is 0 Å². The van der Waals surface area contributed by atoms with Crippen LogP contribution in [0.1, 0.15) is 57.8 Å². The summed E-state index contributed by atoms with van der Waals surface area (Å²) in [5.74, 6) is 0. The third kappa shape index (κ3) is 4.62. The predicted octanol–water partition coefficient (Wildman–Crippen LogP) is 3.93. The Morgan fingerprint density at radius 2 is 2.00 bits per heavy atom. The quantitative estimate of drug-likeness (QED) is 0.862. The second-order valence-corrected chi connectivity index (χ2v) is 6.86. The van der Waals surface area contributed by atoms with E-state index in [9.17, 15) is 0 Å². The zero-order valence-electron chi connectivity index (χ0n) is 11.3. The van der Waals surface area contributed by atoms with Gasteiger partial charge in [-0.3, -0.25) is 0 Å². The van der Waals surface area contributed by atoms with Crippen molar-refractivity contribution in [2.24, 2.45) is 5.41 Å². The minimum absolute atomic E-state index is 0.326. The summed E-state index contributed by atoms with van der Waals surface area (Å²) in [6, 6.07) is 0.884. The SMILES string of the molecule is Cc1csc(C(CC(C)(C)C)NC(C)C)n1. The summed E-state index contributed by atoms with van der Waals surface area (Å²) in [6.45, 7) is 13.3. The summed E-state index contributed by atoms with van der Waals surface area (Å²) in [5, 5.41) is 6.97. The molecule has 1 unspecified atom stereocenters. The summed E-state index contributed by atoms with van der Waals surface area (Å²) in [6.07, 6.45) is 1.12. The van der Waals surface area contributed by atoms with Crippen molar-refractivity contribution in [3.05, 3.63) is 16.1 Å². The molecule has 1 aromatic heterocycles. The zero-order valence-corrected chi connectivity index (χ0v) is 12.1. The molecule has 0 radical (unpaired) electrons. The molecule has 0 saturated heterocycles. The maximum absolute atomic E-state index is 4.60. The maximum Gasteiger partial charge on any atom is 0.110 e. The monoisotopic (exact) mass is 240 g/mol. The zero-order chi connectivity index (χ0) is 12.3. The fourth-order valence-corrected chi connectivity index (χ4v) is 2.62. The van der Waals surface area contributed by atoms with Crippen LogP contribution in [0.2, 0.25) is 0 Å². The van der Waals surface area contributed by atoms with Crippen LogP contribution in [0.25, 0.3) is 0 Å². The first kappa shape index (κ1) is 13.7. The van der Waals surface area contributed by atoms with Gasteiger partial charge in [0.05, 0.1) is 6.04 Å². The molecular formula is C13H24N2S. The summed E-state index contributed by atoms with van der Waals surface area (Å²) in [4.78, 5) is 4.60. The third-order valence-corrected chi connectivity index (χ3v) is 3.36. The maximum atomic E-state index is 4.60. The van der Waals surface area contributed by atoms with E-state index in [1.165, 1.54) is 5.01 Å². The van der Waals surface area contributed by atoms with E-state index in [0.717, 1.165) is 12.1 Å². The highest BCUT2D eigenvalue weighted by atomic mass is 32.1. The van der Waals surface area contributed by atoms with Crippen molar-refractivity contribution in [3.8, 4) is 0 Å². The normalized spacial score (nSPS) is 14.4. The molecule has 1 aromatic rings. The topological polar surface area (TPSA) is 24.9 Å². The van der Waals surface area contributed by atoms with Crippen LogP contribution >= 0.6 is 11.3 Å². The largest absolute Gasteiger partial charge is 0.306 e. The Kier molecular flexibility index (Phi) is 4.51. The molecule has 0 amide bonds. The average Bonchev–Trinajstić information content (AvgIpc) is 2.47. The van der Waals surface area contributed by atoms with Crippen LogP contribution in [0.4, 0.5) is 0 Å². The Bertz CT molecular complexity index is 323. The van der Waals surface area contributed by atoms with E-state index < -0.39 is 0 Å². The van der Waals surface area contributed by atoms with Gasteiger partial charge in [0.1, 0.15) is 5.01 Å². The molecule has 0 fully saturated rings. The van der Waals surface area contributed by atoms with Crippen LogP contribution in [0.3, 0.4) is 0 Å². The van der Waals surface area contributed by atoms with Crippen molar-refractivity contribution < 1.29 is 0 Å². The number of nitrogens with zero attached hydrogens (tertiary/aromatic N) is 1. The number of hydrogen-bond donors (Lipinski definition) is 1. The van der Waals surface area contributed by atoms with Gasteiger partial charge in [-0.15, -0.1) is 11.3 Å². The van der Waals surface area contributed by atoms with Gasteiger partial charge in [0.2, 0.25) is 0 Å². The second-order valence-electron chi connectivity index (χ2n) is 5.97. The van der Waals surface area contributed by atoms with E-state index in [-0.39, 0.29) is 0 Å². The van der Waals surface area contributed by atoms with Gasteiger partial charge in [0.15, 0.2) is 0 Å². The lowest BCUT2D eigenvalue weighted by Gasteiger charge is -2.27. The molecular weight excluding hydrogens is 216 g/mol. The molecule has 0 bridgehead atoms. The second kappa shape index (κ2) is 5.28. The van der Waals surface area contributed by atoms with Gasteiger partial charge >= 0.3 is 0 Å². The van der Waals surface area contributed by atoms with E-state index in [2.05, 4.69) is 57.2 Å². The molecule has 0 aliphatic rings. The number of nitrogens with one attached hydrogen (secondary N) is 1. The molecule has 0 spiro atoms. The van der Waals surface area contributed by atoms with Gasteiger partial charge in [-0.25, -0.2) is 4.98 Å². The van der Waals surface area contributed by atoms with Gasteiger partial charge in [-0.2, -0.15) is 0 Å². The van der Waals surface area contributed by atoms with Crippen molar-refractivity contribution in [1.29, 1.82) is 0 Å². The van der Waals surface area contributed by atoms with Crippen LogP contribution in [0.5, 0.6) is 0 Å². The molecule has 0 aliphatic carbocycles. The molecule has 0 saturated carbocycles. The number of aryl methyl sites for hydroxylation is 1. The number of aromatic nitrogens is 1. The first-order chi connectivity index (χ1) is 7.28. The Morgan fingerprint density at radius 1 is 1.38 bits per heavy atom. The molecule has 3 heteroatoms. The van der Waals surface area contributed by atoms with Crippen LogP contribution in [0.15, 0.2) is 5.38 Å². The molecule has 0 aromatic carbocycles. The van der Waals surface area contributed by atoms with Crippen molar-refractivity contribution in [1.82, 2.24) is 10.3 Å². The number of thiazole rings is 1. The number of rotatable bonds is 4. The summed E-state index contributed by atoms with van der Waals surface area (Å²) < 4.78 is 0. The van der Waals surface area contributed by atoms with Crippen LogP contribution in [0, 0.1) is 12.3 Å². The van der Waals surface area contributed by atoms with Crippen molar-refractivity contribution >= 4 is 11.3 Å². The number of hydrogen-bond acceptors (Lipinski definition) is 3. The standard InChI is InChI=1S/C13H24N2S/c1-9(2)14-11(7-13(4,5)6)12-15-10(3)8-16-12/h8-9,11,14H,7H2,1-6H3. The van der Waals surface area contributed by atoms with Gasteiger partial charge in [-0.05, 0) is 18.8 Å². The molecule has 1 heterocycles. The Labute approximate surface area is 103 Å². The van der Waals surface area contributed by atoms with Gasteiger partial charge < -0.3 is 5.32 Å². The van der Waals surface area contributed by atoms with Gasteiger partial charge in [0, 0.05) is 17.1 Å². The molecule has 92 valence electrons. The van der Waals surface area contributed by atoms with Crippen molar-refractivity contribution in [3.63, 3.8) is 0 Å². The average molecular weight is 240 g/mol. The Hall–Kier alpha value is -0.410. The first-order valence-electron chi connectivity index (χ1n) is 5.96. The highest BCUT2D eigenvalue weighted by Gasteiger charge is 2.22. The lowest BCUT2D eigenvalue weighted by molar-refractivity contribution is 0.300. The fraction of sp³-hybridized carbons (Fsp3) is 0.769. The van der Waals surface area contributed by atoms with Crippen molar-refractivity contribution in [2.45, 2.75) is 60.0 Å². The van der Waals surface area contributed by atoms with E-state index >= 15 is 0 Å². The molecule has 1 rings (SSSR count). The molecule has 0 aliphatic heterocycles. The summed E-state index contributed by atoms with van der Waals surface area (Å²) in [7, 11) is 0. The smallest absolute Gasteiger partial charge is 0.110 e. The Balaban J connectivity index is 2.79. The van der Waals surface area contributed by atoms with Gasteiger partial charge in [0.25, 0.3) is 0 Å². The molecule has 16 heavy (non-hydrogen) atoms.